The molecule has 1 aliphatic heterocycles. The number of hydrogen-bond donors (Lipinski definition) is 1. The number of aromatic nitrogens is 2. The molecule has 120 valence electrons. The molecule has 3 rings (SSSR count). The van der Waals surface area contributed by atoms with E-state index in [1.54, 1.807) is 11.1 Å². The summed E-state index contributed by atoms with van der Waals surface area (Å²) in [7, 11) is 0. The number of anilines is 2. The van der Waals surface area contributed by atoms with E-state index in [2.05, 4.69) is 15.3 Å². The highest BCUT2D eigenvalue weighted by atomic mass is 32.1. The Kier molecular flexibility index (Phi) is 4.38. The lowest BCUT2D eigenvalue weighted by Crippen LogP contribution is -2.30. The maximum atomic E-state index is 12.5. The highest BCUT2D eigenvalue weighted by Crippen LogP contribution is 2.27. The molecule has 2 amide bonds. The fraction of sp³-hybridized carbons (Fsp3) is 0.375. The second-order valence-corrected chi connectivity index (χ2v) is 6.62. The van der Waals surface area contributed by atoms with Crippen LogP contribution in [0.5, 0.6) is 0 Å². The van der Waals surface area contributed by atoms with E-state index in [1.165, 1.54) is 11.3 Å². The smallest absolute Gasteiger partial charge is 0.233 e. The van der Waals surface area contributed by atoms with E-state index in [-0.39, 0.29) is 24.2 Å². The van der Waals surface area contributed by atoms with Crippen molar-refractivity contribution in [3.63, 3.8) is 0 Å². The normalized spacial score (nSPS) is 13.3. The van der Waals surface area contributed by atoms with Crippen LogP contribution in [-0.2, 0) is 22.4 Å². The first kappa shape index (κ1) is 15.6. The SMILES string of the molecule is CC(C)C(=O)Nc1nc(CC(=O)N2CCc3cnccc32)cs1. The summed E-state index contributed by atoms with van der Waals surface area (Å²) in [5, 5.41) is 5.11. The third-order valence-electron chi connectivity index (χ3n) is 3.71. The zero-order chi connectivity index (χ0) is 16.4. The van der Waals surface area contributed by atoms with Crippen molar-refractivity contribution in [2.45, 2.75) is 26.7 Å². The molecule has 6 nitrogen and oxygen atoms in total. The number of pyridine rings is 1. The molecule has 1 N–H and O–H groups in total. The minimum absolute atomic E-state index is 0.0157. The van der Waals surface area contributed by atoms with Gasteiger partial charge in [0.25, 0.3) is 0 Å². The van der Waals surface area contributed by atoms with Gasteiger partial charge in [-0.05, 0) is 18.1 Å². The van der Waals surface area contributed by atoms with Crippen LogP contribution < -0.4 is 10.2 Å². The molecule has 0 saturated heterocycles. The maximum Gasteiger partial charge on any atom is 0.233 e. The van der Waals surface area contributed by atoms with Crippen molar-refractivity contribution < 1.29 is 9.59 Å². The second-order valence-electron chi connectivity index (χ2n) is 5.76. The van der Waals surface area contributed by atoms with Crippen LogP contribution in [-0.4, -0.2) is 28.3 Å². The molecule has 23 heavy (non-hydrogen) atoms. The highest BCUT2D eigenvalue weighted by Gasteiger charge is 2.25. The van der Waals surface area contributed by atoms with Crippen molar-refractivity contribution in [2.24, 2.45) is 5.92 Å². The summed E-state index contributed by atoms with van der Waals surface area (Å²) in [6, 6.07) is 1.87. The van der Waals surface area contributed by atoms with E-state index in [0.29, 0.717) is 17.4 Å². The van der Waals surface area contributed by atoms with Crippen molar-refractivity contribution in [1.29, 1.82) is 0 Å². The van der Waals surface area contributed by atoms with Gasteiger partial charge in [-0.25, -0.2) is 4.98 Å². The van der Waals surface area contributed by atoms with Gasteiger partial charge < -0.3 is 10.2 Å². The van der Waals surface area contributed by atoms with E-state index < -0.39 is 0 Å². The molecule has 0 bridgehead atoms. The molecule has 2 aromatic rings. The first-order valence-electron chi connectivity index (χ1n) is 7.53. The van der Waals surface area contributed by atoms with Gasteiger partial charge >= 0.3 is 0 Å². The molecule has 0 spiro atoms. The van der Waals surface area contributed by atoms with Gasteiger partial charge in [0.15, 0.2) is 5.13 Å². The molecule has 2 aromatic heterocycles. The average molecular weight is 330 g/mol. The molecule has 0 unspecified atom stereocenters. The van der Waals surface area contributed by atoms with Crippen LogP contribution in [0.3, 0.4) is 0 Å². The predicted octanol–water partition coefficient (Wildman–Crippen LogP) is 2.26. The Labute approximate surface area is 138 Å². The van der Waals surface area contributed by atoms with E-state index >= 15 is 0 Å². The largest absolute Gasteiger partial charge is 0.311 e. The van der Waals surface area contributed by atoms with Gasteiger partial charge in [0.05, 0.1) is 12.1 Å². The van der Waals surface area contributed by atoms with Crippen LogP contribution in [0.2, 0.25) is 0 Å². The Hall–Kier alpha value is -2.28. The molecule has 0 radical (unpaired) electrons. The van der Waals surface area contributed by atoms with Crippen molar-refractivity contribution in [2.75, 3.05) is 16.8 Å². The fourth-order valence-electron chi connectivity index (χ4n) is 2.43. The fourth-order valence-corrected chi connectivity index (χ4v) is 3.15. The van der Waals surface area contributed by atoms with Gasteiger partial charge in [-0.1, -0.05) is 13.8 Å². The van der Waals surface area contributed by atoms with E-state index in [0.717, 1.165) is 17.7 Å². The minimum atomic E-state index is -0.0984. The van der Waals surface area contributed by atoms with Crippen LogP contribution in [0.1, 0.15) is 25.1 Å². The lowest BCUT2D eigenvalue weighted by Gasteiger charge is -2.16. The van der Waals surface area contributed by atoms with Crippen LogP contribution >= 0.6 is 11.3 Å². The standard InChI is InChI=1S/C16H18N4O2S/c1-10(2)15(22)19-16-18-12(9-23-16)7-14(21)20-6-4-11-8-17-5-3-13(11)20/h3,5,8-10H,4,6-7H2,1-2H3,(H,18,19,22). The summed E-state index contributed by atoms with van der Waals surface area (Å²) in [6.45, 7) is 4.33. The minimum Gasteiger partial charge on any atom is -0.311 e. The molecule has 1 aliphatic rings. The van der Waals surface area contributed by atoms with Gasteiger partial charge in [-0.3, -0.25) is 14.6 Å². The summed E-state index contributed by atoms with van der Waals surface area (Å²) in [4.78, 5) is 34.4. The van der Waals surface area contributed by atoms with Crippen LogP contribution in [0.4, 0.5) is 10.8 Å². The van der Waals surface area contributed by atoms with Gasteiger partial charge in [-0.2, -0.15) is 0 Å². The Morgan fingerprint density at radius 3 is 3.04 bits per heavy atom. The first-order chi connectivity index (χ1) is 11.0. The predicted molar refractivity (Wildman–Crippen MR) is 89.6 cm³/mol. The topological polar surface area (TPSA) is 75.2 Å². The third kappa shape index (κ3) is 3.39. The number of nitrogens with one attached hydrogen (secondary N) is 1. The lowest BCUT2D eigenvalue weighted by atomic mass is 10.2. The summed E-state index contributed by atoms with van der Waals surface area (Å²) in [5.41, 5.74) is 2.72. The molecular formula is C16H18N4O2S. The second kappa shape index (κ2) is 6.45. The lowest BCUT2D eigenvalue weighted by molar-refractivity contribution is -0.119. The number of carbonyl (C=O) groups excluding carboxylic acids is 2. The Balaban J connectivity index is 1.65. The summed E-state index contributed by atoms with van der Waals surface area (Å²) >= 11 is 1.34. The van der Waals surface area contributed by atoms with Gasteiger partial charge in [0.1, 0.15) is 0 Å². The number of thiazole rings is 1. The van der Waals surface area contributed by atoms with Gasteiger partial charge in [0, 0.05) is 35.9 Å². The molecule has 0 aliphatic carbocycles. The van der Waals surface area contributed by atoms with Crippen molar-refractivity contribution in [1.82, 2.24) is 9.97 Å². The number of amides is 2. The van der Waals surface area contributed by atoms with Crippen LogP contribution in [0, 0.1) is 5.92 Å². The zero-order valence-corrected chi connectivity index (χ0v) is 13.9. The van der Waals surface area contributed by atoms with E-state index in [9.17, 15) is 9.59 Å². The molecule has 7 heteroatoms. The average Bonchev–Trinajstić information content (AvgIpc) is 3.13. The van der Waals surface area contributed by atoms with E-state index in [4.69, 9.17) is 0 Å². The van der Waals surface area contributed by atoms with Crippen LogP contribution in [0.15, 0.2) is 23.8 Å². The van der Waals surface area contributed by atoms with Crippen molar-refractivity contribution >= 4 is 34.0 Å². The quantitative estimate of drug-likeness (QED) is 0.933. The first-order valence-corrected chi connectivity index (χ1v) is 8.41. The van der Waals surface area contributed by atoms with Gasteiger partial charge in [-0.15, -0.1) is 11.3 Å². The third-order valence-corrected chi connectivity index (χ3v) is 4.52. The maximum absolute atomic E-state index is 12.5. The summed E-state index contributed by atoms with van der Waals surface area (Å²) < 4.78 is 0. The molecule has 0 fully saturated rings. The Bertz CT molecular complexity index is 741. The highest BCUT2D eigenvalue weighted by molar-refractivity contribution is 7.13. The van der Waals surface area contributed by atoms with Crippen molar-refractivity contribution in [3.05, 3.63) is 35.1 Å². The van der Waals surface area contributed by atoms with E-state index in [1.807, 2.05) is 31.5 Å². The molecule has 0 atom stereocenters. The number of hydrogen-bond acceptors (Lipinski definition) is 5. The molecule has 3 heterocycles. The van der Waals surface area contributed by atoms with Gasteiger partial charge in [0.2, 0.25) is 11.8 Å². The van der Waals surface area contributed by atoms with Crippen molar-refractivity contribution in [3.8, 4) is 0 Å². The molecular weight excluding hydrogens is 312 g/mol. The molecule has 0 aromatic carbocycles. The number of fused-ring (bicyclic) bond motifs is 1. The summed E-state index contributed by atoms with van der Waals surface area (Å²) in [6.07, 6.45) is 4.58. The monoisotopic (exact) mass is 330 g/mol. The van der Waals surface area contributed by atoms with Crippen LogP contribution in [0.25, 0.3) is 0 Å². The molecule has 0 saturated carbocycles. The summed E-state index contributed by atoms with van der Waals surface area (Å²) in [5.74, 6) is -0.154. The number of rotatable bonds is 4. The Morgan fingerprint density at radius 1 is 1.43 bits per heavy atom. The number of nitrogens with zero attached hydrogens (tertiary/aromatic N) is 3. The number of carbonyl (C=O) groups is 2. The zero-order valence-electron chi connectivity index (χ0n) is 13.1. The Morgan fingerprint density at radius 2 is 2.26 bits per heavy atom.